The molecule has 0 amide bonds. The Balaban J connectivity index is 0.000000268. The first-order chi connectivity index (χ1) is 67.0. The van der Waals surface area contributed by atoms with Crippen LogP contribution < -0.4 is 40.9 Å². The first kappa shape index (κ1) is 107. The van der Waals surface area contributed by atoms with Crippen LogP contribution >= 0.6 is 0 Å². The van der Waals surface area contributed by atoms with Crippen LogP contribution in [-0.4, -0.2) is 261 Å². The molecule has 0 aliphatic carbocycles. The minimum Gasteiger partial charge on any atom is -0.396 e. The molecule has 0 spiro atoms. The molecule has 0 radical (unpaired) electrons. The molecule has 8 aromatic carbocycles. The summed E-state index contributed by atoms with van der Waals surface area (Å²) < 4.78 is 133. The molecule has 4 atom stereocenters. The molecule has 0 saturated heterocycles. The molecule has 44 heteroatoms. The molecule has 4 heterocycles. The predicted molar refractivity (Wildman–Crippen MR) is 534 cm³/mol. The minimum absolute atomic E-state index is 0.0602. The van der Waals surface area contributed by atoms with E-state index < -0.39 is 76.4 Å². The lowest BCUT2D eigenvalue weighted by Crippen LogP contribution is -2.38. The van der Waals surface area contributed by atoms with Crippen molar-refractivity contribution in [1.29, 1.82) is 0 Å². The van der Waals surface area contributed by atoms with E-state index in [0.29, 0.717) is 122 Å². The highest BCUT2D eigenvalue weighted by atomic mass is 32.2. The van der Waals surface area contributed by atoms with Gasteiger partial charge in [-0.05, 0) is 158 Å². The van der Waals surface area contributed by atoms with Gasteiger partial charge in [0.1, 0.15) is 44.6 Å². The summed E-state index contributed by atoms with van der Waals surface area (Å²) in [5.74, 6) is 1.43. The summed E-state index contributed by atoms with van der Waals surface area (Å²) in [5, 5.41) is 92.0. The predicted octanol–water partition coefficient (Wildman–Crippen LogP) is 9.52. The number of benzene rings is 8. The molecule has 4 unspecified atom stereocenters. The van der Waals surface area contributed by atoms with Crippen LogP contribution in [0, 0.1) is 0 Å². The quantitative estimate of drug-likeness (QED) is 0.00958. The van der Waals surface area contributed by atoms with E-state index in [1.165, 1.54) is 48.6 Å². The van der Waals surface area contributed by atoms with Crippen molar-refractivity contribution < 1.29 is 92.0 Å². The van der Waals surface area contributed by atoms with Crippen LogP contribution in [0.15, 0.2) is 204 Å². The standard InChI is InChI=1S/2C48H58N10O10S2/c1-31(59)26-57(27-32(2)60)47-53-43(23-35-12-8-6-9-13-35)51-46(56-47)50-41-21-20-38(42(25-41)70(66,67)68-5)19-18-37-17-16-36(22-39(37)30-69(63,64)65)24-44-52-45(49-40-14-10-7-11-15-40)55-48(54-44)58(28-33(3)61)29-34(4)62;1-68-70(66,67)42-33-41(50-46-51-43(31-35-12-4-2-5-13-35)53-47(56-46)57(22-8-26-59)23-9-27-60)21-20-38(42)19-18-37-17-16-36(30-39(37)34-69(63,64)65)32-44-52-45(49-40-14-6-3-7-15-40)55-48(54-44)58(24-10-28-61)25-11-29-62/h6-22,25,31-34,59-62H,23-24,26-30H2,1-5H3,(H,63,64,65)(H,49,52,54,55)(H,50,51,53,56);2-7,12-21,30,33,59-62H,8-11,22-29,31-32,34H2,1H3,(H,63,64,65)(H,49,52,54,55)(H,50,51,53,56)/b2*19-18+. The van der Waals surface area contributed by atoms with E-state index in [1.807, 2.05) is 131 Å². The molecule has 0 bridgehead atoms. The van der Waals surface area contributed by atoms with Crippen molar-refractivity contribution in [3.8, 4) is 0 Å². The molecule has 0 aliphatic heterocycles. The number of hydrogen-bond donors (Lipinski definition) is 14. The summed E-state index contributed by atoms with van der Waals surface area (Å²) in [7, 11) is -15.8. The highest BCUT2D eigenvalue weighted by Crippen LogP contribution is 2.33. The summed E-state index contributed by atoms with van der Waals surface area (Å²) in [6.07, 6.45) is 5.42. The molecule has 744 valence electrons. The molecule has 12 aromatic rings. The lowest BCUT2D eigenvalue weighted by molar-refractivity contribution is 0.176. The highest BCUT2D eigenvalue weighted by molar-refractivity contribution is 7.87. The van der Waals surface area contributed by atoms with Crippen molar-refractivity contribution in [2.24, 2.45) is 0 Å². The van der Waals surface area contributed by atoms with Crippen LogP contribution in [0.25, 0.3) is 24.3 Å². The van der Waals surface area contributed by atoms with Crippen molar-refractivity contribution >= 4 is 135 Å². The third-order valence-corrected chi connectivity index (χ3v) is 24.8. The topological polar surface area (TPSA) is 573 Å². The monoisotopic (exact) mass is 2000 g/mol. The molecular formula is C96H116N20O20S4. The number of aliphatic hydroxyl groups excluding tert-OH is 8. The van der Waals surface area contributed by atoms with Crippen LogP contribution in [-0.2, 0) is 86.0 Å². The SMILES string of the molecule is COS(=O)(=O)c1cc(Nc2nc(Cc3ccccc3)nc(N(CC(C)O)CC(C)O)n2)ccc1/C=C/c1ccc(Cc2nc(Nc3ccccc3)nc(N(CC(C)O)CC(C)O)n2)cc1CS(=O)(=O)O.COS(=O)(=O)c1cc(Nc2nc(Cc3ccccc3)nc(N(CCCO)CCCO)n2)ccc1/C=C/c1ccc(Cc2nc(Nc3ccccc3)nc(N(CCCO)CCCO)n2)cc1CS(=O)(=O)O. The van der Waals surface area contributed by atoms with Gasteiger partial charge in [-0.1, -0.05) is 170 Å². The molecule has 40 nitrogen and oxygen atoms in total. The second-order valence-corrected chi connectivity index (χ2v) is 39.1. The number of aliphatic hydroxyl groups is 8. The summed E-state index contributed by atoms with van der Waals surface area (Å²) in [4.78, 5) is 62.2. The van der Waals surface area contributed by atoms with Gasteiger partial charge in [0.25, 0.3) is 40.5 Å². The second-order valence-electron chi connectivity index (χ2n) is 32.8. The Morgan fingerprint density at radius 3 is 0.857 bits per heavy atom. The number of rotatable bonds is 52. The zero-order valence-corrected chi connectivity index (χ0v) is 81.3. The Hall–Kier alpha value is -13.0. The van der Waals surface area contributed by atoms with Gasteiger partial charge in [-0.2, -0.15) is 93.5 Å². The van der Waals surface area contributed by atoms with Gasteiger partial charge < -0.3 is 81.7 Å². The van der Waals surface area contributed by atoms with E-state index in [1.54, 1.807) is 86.0 Å². The molecule has 12 rings (SSSR count). The lowest BCUT2D eigenvalue weighted by Gasteiger charge is -2.26. The van der Waals surface area contributed by atoms with Crippen LogP contribution in [0.2, 0.25) is 0 Å². The number of para-hydroxylation sites is 2. The van der Waals surface area contributed by atoms with Crippen molar-refractivity contribution in [3.63, 3.8) is 0 Å². The van der Waals surface area contributed by atoms with E-state index in [-0.39, 0.29) is 150 Å². The molecule has 0 saturated carbocycles. The fourth-order valence-corrected chi connectivity index (χ4v) is 17.7. The minimum atomic E-state index is -4.57. The smallest absolute Gasteiger partial charge is 0.297 e. The second kappa shape index (κ2) is 51.8. The van der Waals surface area contributed by atoms with Gasteiger partial charge in [0, 0.05) is 127 Å². The number of aromatic nitrogens is 12. The van der Waals surface area contributed by atoms with E-state index in [0.717, 1.165) is 31.0 Å². The summed E-state index contributed by atoms with van der Waals surface area (Å²) >= 11 is 0. The van der Waals surface area contributed by atoms with Crippen molar-refractivity contribution in [2.45, 2.75) is 125 Å². The Labute approximate surface area is 813 Å². The molecular weight excluding hydrogens is 1880 g/mol. The van der Waals surface area contributed by atoms with Gasteiger partial charge in [0.05, 0.1) is 38.6 Å². The largest absolute Gasteiger partial charge is 0.396 e. The average molecular weight is 2000 g/mol. The van der Waals surface area contributed by atoms with Crippen LogP contribution in [0.1, 0.15) is 132 Å². The lowest BCUT2D eigenvalue weighted by atomic mass is 10.0. The molecule has 140 heavy (non-hydrogen) atoms. The summed E-state index contributed by atoms with van der Waals surface area (Å²) in [6, 6.07) is 56.3. The van der Waals surface area contributed by atoms with E-state index in [2.05, 4.69) is 71.1 Å². The van der Waals surface area contributed by atoms with Crippen LogP contribution in [0.3, 0.4) is 0 Å². The van der Waals surface area contributed by atoms with E-state index in [4.69, 9.17) is 18.3 Å². The average Bonchev–Trinajstić information content (AvgIpc) is 0.799. The summed E-state index contributed by atoms with van der Waals surface area (Å²) in [6.45, 7) is 8.21. The van der Waals surface area contributed by atoms with E-state index >= 15 is 0 Å². The zero-order chi connectivity index (χ0) is 101. The maximum atomic E-state index is 13.5. The van der Waals surface area contributed by atoms with Gasteiger partial charge in [-0.25, -0.2) is 0 Å². The third kappa shape index (κ3) is 34.2. The Kier molecular flexibility index (Phi) is 39.7. The van der Waals surface area contributed by atoms with Gasteiger partial charge in [0.2, 0.25) is 47.6 Å². The van der Waals surface area contributed by atoms with E-state index in [9.17, 15) is 83.6 Å². The molecule has 4 aromatic heterocycles. The molecule has 14 N–H and O–H groups in total. The normalized spacial score (nSPS) is 12.7. The van der Waals surface area contributed by atoms with Crippen molar-refractivity contribution in [3.05, 3.63) is 273 Å². The van der Waals surface area contributed by atoms with Gasteiger partial charge in [-0.3, -0.25) is 17.5 Å². The van der Waals surface area contributed by atoms with Crippen LogP contribution in [0.4, 0.5) is 70.3 Å². The Bertz CT molecular complexity index is 6590. The Morgan fingerprint density at radius 2 is 0.579 bits per heavy atom. The number of nitrogens with one attached hydrogen (secondary N) is 4. The van der Waals surface area contributed by atoms with Gasteiger partial charge in [0.15, 0.2) is 0 Å². The molecule has 0 fully saturated rings. The molecule has 0 aliphatic rings. The third-order valence-electron chi connectivity index (χ3n) is 20.8. The van der Waals surface area contributed by atoms with Crippen molar-refractivity contribution in [1.82, 2.24) is 59.8 Å². The van der Waals surface area contributed by atoms with Gasteiger partial charge in [-0.15, -0.1) is 0 Å². The number of anilines is 12. The zero-order valence-electron chi connectivity index (χ0n) is 78.0. The first-order valence-corrected chi connectivity index (χ1v) is 50.9. The van der Waals surface area contributed by atoms with Crippen LogP contribution in [0.5, 0.6) is 0 Å². The highest BCUT2D eigenvalue weighted by Gasteiger charge is 2.27. The Morgan fingerprint density at radius 1 is 0.314 bits per heavy atom. The fraction of sp³-hybridized carbons (Fsp3) is 0.333. The number of hydrogen-bond acceptors (Lipinski definition) is 38. The van der Waals surface area contributed by atoms with Gasteiger partial charge >= 0.3 is 0 Å². The van der Waals surface area contributed by atoms with Crippen molar-refractivity contribution in [2.75, 3.05) is 134 Å². The summed E-state index contributed by atoms with van der Waals surface area (Å²) in [5.41, 5.74) is 6.43. The first-order valence-electron chi connectivity index (χ1n) is 44.8. The maximum absolute atomic E-state index is 13.5. The number of nitrogens with zero attached hydrogens (tertiary/aromatic N) is 16. The maximum Gasteiger partial charge on any atom is 0.297 e. The fourth-order valence-electron chi connectivity index (χ4n) is 14.6.